The van der Waals surface area contributed by atoms with E-state index in [2.05, 4.69) is 6.92 Å². The summed E-state index contributed by atoms with van der Waals surface area (Å²) in [7, 11) is 0. The van der Waals surface area contributed by atoms with Crippen LogP contribution in [0, 0.1) is 24.1 Å². The number of carbonyl (C=O) groups is 1. The van der Waals surface area contributed by atoms with Crippen molar-refractivity contribution in [2.45, 2.75) is 39.5 Å². The zero-order chi connectivity index (χ0) is 14.0. The molecule has 1 aromatic rings. The van der Waals surface area contributed by atoms with E-state index in [1.54, 1.807) is 12.1 Å². The summed E-state index contributed by atoms with van der Waals surface area (Å²) >= 11 is 0. The van der Waals surface area contributed by atoms with Gasteiger partial charge in [-0.25, -0.2) is 4.39 Å². The second-order valence-corrected chi connectivity index (χ2v) is 5.98. The number of hydrogen-bond acceptors (Lipinski definition) is 2. The number of Topliss-reactive ketones (excluding diaryl/α,β-unsaturated/α-hetero) is 1. The number of carbonyl (C=O) groups excluding carboxylic acids is 1. The molecule has 0 aliphatic heterocycles. The summed E-state index contributed by atoms with van der Waals surface area (Å²) in [6.07, 6.45) is 3.54. The fraction of sp³-hybridized carbons (Fsp3) is 0.562. The highest BCUT2D eigenvalue weighted by atomic mass is 19.1. The number of ketones is 1. The Morgan fingerprint density at radius 3 is 2.63 bits per heavy atom. The van der Waals surface area contributed by atoms with E-state index < -0.39 is 11.2 Å². The lowest BCUT2D eigenvalue weighted by atomic mass is 9.67. The Labute approximate surface area is 114 Å². The van der Waals surface area contributed by atoms with Crippen molar-refractivity contribution in [2.75, 3.05) is 6.54 Å². The molecule has 3 heteroatoms. The van der Waals surface area contributed by atoms with Crippen LogP contribution in [0.2, 0.25) is 0 Å². The molecule has 0 aromatic heterocycles. The third kappa shape index (κ3) is 2.71. The summed E-state index contributed by atoms with van der Waals surface area (Å²) in [5, 5.41) is 0. The van der Waals surface area contributed by atoms with Crippen LogP contribution in [0.25, 0.3) is 0 Å². The third-order valence-corrected chi connectivity index (χ3v) is 4.47. The molecule has 0 spiro atoms. The number of benzene rings is 1. The maximum absolute atomic E-state index is 13.9. The van der Waals surface area contributed by atoms with Gasteiger partial charge < -0.3 is 5.73 Å². The van der Waals surface area contributed by atoms with E-state index in [1.165, 1.54) is 6.07 Å². The van der Waals surface area contributed by atoms with Crippen LogP contribution in [-0.4, -0.2) is 12.3 Å². The molecular formula is C16H22FNO. The standard InChI is InChI=1S/C16H22FNO/c1-11-5-7-16(10-18,8-6-11)15(19)13-9-12(2)3-4-14(13)17/h3-4,9,11H,5-8,10,18H2,1-2H3. The maximum Gasteiger partial charge on any atom is 0.173 e. The fourth-order valence-corrected chi connectivity index (χ4v) is 2.94. The van der Waals surface area contributed by atoms with Gasteiger partial charge in [0.05, 0.1) is 5.56 Å². The molecule has 1 aliphatic carbocycles. The van der Waals surface area contributed by atoms with E-state index in [0.29, 0.717) is 12.5 Å². The molecule has 19 heavy (non-hydrogen) atoms. The molecule has 0 bridgehead atoms. The molecule has 1 aliphatic rings. The van der Waals surface area contributed by atoms with Crippen LogP contribution < -0.4 is 5.73 Å². The van der Waals surface area contributed by atoms with Gasteiger partial charge in [0.1, 0.15) is 5.82 Å². The number of hydrogen-bond donors (Lipinski definition) is 1. The number of aryl methyl sites for hydroxylation is 1. The molecule has 0 heterocycles. The van der Waals surface area contributed by atoms with Gasteiger partial charge in [-0.15, -0.1) is 0 Å². The van der Waals surface area contributed by atoms with Gasteiger partial charge in [0.25, 0.3) is 0 Å². The Kier molecular flexibility index (Phi) is 4.04. The summed E-state index contributed by atoms with van der Waals surface area (Å²) in [5.74, 6) is 0.0972. The van der Waals surface area contributed by atoms with Gasteiger partial charge >= 0.3 is 0 Å². The van der Waals surface area contributed by atoms with Crippen LogP contribution in [-0.2, 0) is 0 Å². The summed E-state index contributed by atoms with van der Waals surface area (Å²) in [5.41, 5.74) is 6.42. The molecule has 0 amide bonds. The average molecular weight is 263 g/mol. The van der Waals surface area contributed by atoms with Gasteiger partial charge in [-0.3, -0.25) is 4.79 Å². The Hall–Kier alpha value is -1.22. The first kappa shape index (κ1) is 14.2. The Balaban J connectivity index is 2.33. The molecule has 1 saturated carbocycles. The predicted molar refractivity (Wildman–Crippen MR) is 74.6 cm³/mol. The first-order valence-electron chi connectivity index (χ1n) is 6.99. The molecule has 104 valence electrons. The van der Waals surface area contributed by atoms with Gasteiger partial charge in [-0.2, -0.15) is 0 Å². The van der Waals surface area contributed by atoms with E-state index in [4.69, 9.17) is 5.73 Å². The molecule has 0 radical (unpaired) electrons. The molecule has 0 atom stereocenters. The molecule has 1 aromatic carbocycles. The van der Waals surface area contributed by atoms with E-state index >= 15 is 0 Å². The van der Waals surface area contributed by atoms with E-state index in [1.807, 2.05) is 6.92 Å². The molecule has 1 fully saturated rings. The first-order valence-corrected chi connectivity index (χ1v) is 6.99. The zero-order valence-corrected chi connectivity index (χ0v) is 11.7. The van der Waals surface area contributed by atoms with Gasteiger partial charge in [-0.1, -0.05) is 18.6 Å². The number of halogens is 1. The lowest BCUT2D eigenvalue weighted by Gasteiger charge is -2.37. The minimum Gasteiger partial charge on any atom is -0.329 e. The Morgan fingerprint density at radius 2 is 2.05 bits per heavy atom. The number of nitrogens with two attached hydrogens (primary N) is 1. The minimum atomic E-state index is -0.554. The minimum absolute atomic E-state index is 0.108. The first-order chi connectivity index (χ1) is 8.98. The summed E-state index contributed by atoms with van der Waals surface area (Å²) in [4.78, 5) is 12.7. The van der Waals surface area contributed by atoms with Gasteiger partial charge in [-0.05, 0) is 50.7 Å². The molecule has 0 saturated heterocycles. The fourth-order valence-electron chi connectivity index (χ4n) is 2.94. The second-order valence-electron chi connectivity index (χ2n) is 5.98. The highest BCUT2D eigenvalue weighted by molar-refractivity contribution is 6.01. The van der Waals surface area contributed by atoms with Crippen LogP contribution in [0.5, 0.6) is 0 Å². The van der Waals surface area contributed by atoms with Crippen molar-refractivity contribution in [3.63, 3.8) is 0 Å². The van der Waals surface area contributed by atoms with Crippen molar-refractivity contribution >= 4 is 5.78 Å². The third-order valence-electron chi connectivity index (χ3n) is 4.47. The molecule has 2 nitrogen and oxygen atoms in total. The SMILES string of the molecule is Cc1ccc(F)c(C(=O)C2(CN)CCC(C)CC2)c1. The van der Waals surface area contributed by atoms with Crippen LogP contribution in [0.3, 0.4) is 0 Å². The molecule has 0 unspecified atom stereocenters. The summed E-state index contributed by atoms with van der Waals surface area (Å²) in [6.45, 7) is 4.37. The van der Waals surface area contributed by atoms with Crippen molar-refractivity contribution < 1.29 is 9.18 Å². The topological polar surface area (TPSA) is 43.1 Å². The van der Waals surface area contributed by atoms with Crippen molar-refractivity contribution in [3.8, 4) is 0 Å². The van der Waals surface area contributed by atoms with Gasteiger partial charge in [0.15, 0.2) is 5.78 Å². The van der Waals surface area contributed by atoms with Crippen molar-refractivity contribution in [3.05, 3.63) is 35.1 Å². The lowest BCUT2D eigenvalue weighted by Crippen LogP contribution is -2.42. The largest absolute Gasteiger partial charge is 0.329 e. The van der Waals surface area contributed by atoms with Crippen LogP contribution in [0.1, 0.15) is 48.5 Å². The molecule has 2 N–H and O–H groups in total. The Morgan fingerprint density at radius 1 is 1.42 bits per heavy atom. The summed E-state index contributed by atoms with van der Waals surface area (Å²) in [6, 6.07) is 4.70. The van der Waals surface area contributed by atoms with Crippen LogP contribution in [0.15, 0.2) is 18.2 Å². The van der Waals surface area contributed by atoms with Gasteiger partial charge in [0.2, 0.25) is 0 Å². The van der Waals surface area contributed by atoms with Gasteiger partial charge in [0, 0.05) is 12.0 Å². The maximum atomic E-state index is 13.9. The van der Waals surface area contributed by atoms with E-state index in [9.17, 15) is 9.18 Å². The van der Waals surface area contributed by atoms with E-state index in [0.717, 1.165) is 31.2 Å². The normalized spacial score (nSPS) is 27.3. The second kappa shape index (κ2) is 5.41. The Bertz CT molecular complexity index is 476. The number of rotatable bonds is 3. The molecular weight excluding hydrogens is 241 g/mol. The lowest BCUT2D eigenvalue weighted by molar-refractivity contribution is 0.0691. The summed E-state index contributed by atoms with van der Waals surface area (Å²) < 4.78 is 13.9. The van der Waals surface area contributed by atoms with Crippen LogP contribution in [0.4, 0.5) is 4.39 Å². The van der Waals surface area contributed by atoms with E-state index in [-0.39, 0.29) is 11.3 Å². The highest BCUT2D eigenvalue weighted by Gasteiger charge is 2.41. The smallest absolute Gasteiger partial charge is 0.173 e. The predicted octanol–water partition coefficient (Wildman–Crippen LogP) is 3.47. The monoisotopic (exact) mass is 263 g/mol. The average Bonchev–Trinajstić information content (AvgIpc) is 2.42. The quantitative estimate of drug-likeness (QED) is 0.848. The molecule has 2 rings (SSSR count). The van der Waals surface area contributed by atoms with Crippen molar-refractivity contribution in [1.29, 1.82) is 0 Å². The van der Waals surface area contributed by atoms with Crippen molar-refractivity contribution in [2.24, 2.45) is 17.1 Å². The highest BCUT2D eigenvalue weighted by Crippen LogP contribution is 2.41. The van der Waals surface area contributed by atoms with Crippen molar-refractivity contribution in [1.82, 2.24) is 0 Å². The van der Waals surface area contributed by atoms with Crippen LogP contribution >= 0.6 is 0 Å². The zero-order valence-electron chi connectivity index (χ0n) is 11.7.